The van der Waals surface area contributed by atoms with Gasteiger partial charge in [0, 0.05) is 23.7 Å². The molecule has 0 atom stereocenters. The Bertz CT molecular complexity index is 759. The molecule has 0 bridgehead atoms. The summed E-state index contributed by atoms with van der Waals surface area (Å²) in [6.07, 6.45) is 3.21. The highest BCUT2D eigenvalue weighted by Crippen LogP contribution is 2.25. The van der Waals surface area contributed by atoms with Crippen molar-refractivity contribution in [1.82, 2.24) is 4.90 Å². The Morgan fingerprint density at radius 3 is 2.42 bits per heavy atom. The molecule has 0 saturated heterocycles. The number of amides is 1. The van der Waals surface area contributed by atoms with Crippen LogP contribution in [0.4, 0.5) is 0 Å². The van der Waals surface area contributed by atoms with E-state index in [1.807, 2.05) is 6.07 Å². The second kappa shape index (κ2) is 9.73. The molecule has 138 valence electrons. The summed E-state index contributed by atoms with van der Waals surface area (Å²) >= 11 is 5.83. The van der Waals surface area contributed by atoms with Crippen LogP contribution in [-0.2, 0) is 4.79 Å². The average Bonchev–Trinajstić information content (AvgIpc) is 2.67. The van der Waals surface area contributed by atoms with Gasteiger partial charge in [0.15, 0.2) is 0 Å². The standard InChI is InChI=1S/C20H22ClNO4/c1-22(12-13-26-17-7-5-16(21)6-8-17)20(23)11-4-15-14-18(24-2)9-10-19(15)25-3/h4-11,14H,12-13H2,1-3H3/b11-4+. The lowest BCUT2D eigenvalue weighted by Gasteiger charge is -2.15. The van der Waals surface area contributed by atoms with Gasteiger partial charge < -0.3 is 19.1 Å². The molecule has 0 heterocycles. The third-order valence-electron chi connectivity index (χ3n) is 3.73. The predicted molar refractivity (Wildman–Crippen MR) is 103 cm³/mol. The van der Waals surface area contributed by atoms with E-state index in [9.17, 15) is 4.79 Å². The minimum absolute atomic E-state index is 0.130. The molecule has 0 saturated carbocycles. The van der Waals surface area contributed by atoms with Gasteiger partial charge in [-0.15, -0.1) is 0 Å². The van der Waals surface area contributed by atoms with E-state index in [1.54, 1.807) is 68.6 Å². The zero-order chi connectivity index (χ0) is 18.9. The first-order valence-corrected chi connectivity index (χ1v) is 8.45. The van der Waals surface area contributed by atoms with Crippen LogP contribution in [-0.4, -0.2) is 45.2 Å². The number of carbonyl (C=O) groups is 1. The molecule has 0 aliphatic heterocycles. The molecule has 1 amide bonds. The van der Waals surface area contributed by atoms with Crippen LogP contribution in [0, 0.1) is 0 Å². The summed E-state index contributed by atoms with van der Waals surface area (Å²) < 4.78 is 16.1. The van der Waals surface area contributed by atoms with Gasteiger partial charge in [-0.05, 0) is 48.5 Å². The van der Waals surface area contributed by atoms with Crippen molar-refractivity contribution in [3.63, 3.8) is 0 Å². The van der Waals surface area contributed by atoms with Crippen molar-refractivity contribution in [3.05, 3.63) is 59.1 Å². The van der Waals surface area contributed by atoms with E-state index in [0.29, 0.717) is 35.4 Å². The summed E-state index contributed by atoms with van der Waals surface area (Å²) in [6, 6.07) is 12.5. The Hall–Kier alpha value is -2.66. The van der Waals surface area contributed by atoms with Gasteiger partial charge in [-0.3, -0.25) is 4.79 Å². The monoisotopic (exact) mass is 375 g/mol. The van der Waals surface area contributed by atoms with Crippen LogP contribution in [0.2, 0.25) is 5.02 Å². The molecule has 5 nitrogen and oxygen atoms in total. The van der Waals surface area contributed by atoms with Crippen LogP contribution in [0.15, 0.2) is 48.5 Å². The van der Waals surface area contributed by atoms with Crippen LogP contribution in [0.3, 0.4) is 0 Å². The number of rotatable bonds is 8. The molecule has 6 heteroatoms. The van der Waals surface area contributed by atoms with Crippen molar-refractivity contribution in [1.29, 1.82) is 0 Å². The number of ether oxygens (including phenoxy) is 3. The molecule has 0 radical (unpaired) electrons. The van der Waals surface area contributed by atoms with Crippen molar-refractivity contribution in [3.8, 4) is 17.2 Å². The maximum Gasteiger partial charge on any atom is 0.246 e. The van der Waals surface area contributed by atoms with Gasteiger partial charge >= 0.3 is 0 Å². The quantitative estimate of drug-likeness (QED) is 0.656. The Kier molecular flexibility index (Phi) is 7.36. The van der Waals surface area contributed by atoms with Crippen LogP contribution >= 0.6 is 11.6 Å². The summed E-state index contributed by atoms with van der Waals surface area (Å²) in [5.74, 6) is 1.95. The van der Waals surface area contributed by atoms with Crippen molar-refractivity contribution in [2.75, 3.05) is 34.4 Å². The van der Waals surface area contributed by atoms with Gasteiger partial charge in [0.05, 0.1) is 20.8 Å². The number of halogens is 1. The molecule has 0 N–H and O–H groups in total. The molecular formula is C20H22ClNO4. The first-order valence-electron chi connectivity index (χ1n) is 8.07. The Morgan fingerprint density at radius 2 is 1.77 bits per heavy atom. The average molecular weight is 376 g/mol. The summed E-state index contributed by atoms with van der Waals surface area (Å²) in [5, 5.41) is 0.655. The largest absolute Gasteiger partial charge is 0.497 e. The van der Waals surface area contributed by atoms with E-state index >= 15 is 0 Å². The number of nitrogens with zero attached hydrogens (tertiary/aromatic N) is 1. The van der Waals surface area contributed by atoms with E-state index in [0.717, 1.165) is 5.56 Å². The lowest BCUT2D eigenvalue weighted by Crippen LogP contribution is -2.29. The van der Waals surface area contributed by atoms with Gasteiger partial charge in [0.25, 0.3) is 0 Å². The molecule has 0 aliphatic carbocycles. The van der Waals surface area contributed by atoms with Gasteiger partial charge in [-0.25, -0.2) is 0 Å². The van der Waals surface area contributed by atoms with Crippen molar-refractivity contribution < 1.29 is 19.0 Å². The second-order valence-corrected chi connectivity index (χ2v) is 5.94. The van der Waals surface area contributed by atoms with Gasteiger partial charge in [-0.2, -0.15) is 0 Å². The number of likely N-dealkylation sites (N-methyl/N-ethyl adjacent to an activating group) is 1. The number of carbonyl (C=O) groups excluding carboxylic acids is 1. The van der Waals surface area contributed by atoms with E-state index in [4.69, 9.17) is 25.8 Å². The van der Waals surface area contributed by atoms with Crippen molar-refractivity contribution in [2.24, 2.45) is 0 Å². The summed E-state index contributed by atoms with van der Waals surface area (Å²) in [7, 11) is 4.90. The molecule has 0 aromatic heterocycles. The van der Waals surface area contributed by atoms with E-state index in [2.05, 4.69) is 0 Å². The van der Waals surface area contributed by atoms with Crippen LogP contribution in [0.1, 0.15) is 5.56 Å². The van der Waals surface area contributed by atoms with E-state index in [1.165, 1.54) is 6.08 Å². The van der Waals surface area contributed by atoms with Crippen molar-refractivity contribution in [2.45, 2.75) is 0 Å². The molecular weight excluding hydrogens is 354 g/mol. The smallest absolute Gasteiger partial charge is 0.246 e. The Labute approximate surface area is 158 Å². The summed E-state index contributed by atoms with van der Waals surface area (Å²) in [4.78, 5) is 13.8. The molecule has 2 aromatic carbocycles. The maximum absolute atomic E-state index is 12.3. The van der Waals surface area contributed by atoms with E-state index in [-0.39, 0.29) is 5.91 Å². The minimum atomic E-state index is -0.130. The third-order valence-corrected chi connectivity index (χ3v) is 3.98. The van der Waals surface area contributed by atoms with Crippen LogP contribution in [0.25, 0.3) is 6.08 Å². The first kappa shape index (κ1) is 19.7. The topological polar surface area (TPSA) is 48.0 Å². The third kappa shape index (κ3) is 5.70. The van der Waals surface area contributed by atoms with Gasteiger partial charge in [-0.1, -0.05) is 11.6 Å². The first-order chi connectivity index (χ1) is 12.5. The Balaban J connectivity index is 1.90. The highest BCUT2D eigenvalue weighted by atomic mass is 35.5. The number of hydrogen-bond donors (Lipinski definition) is 0. The van der Waals surface area contributed by atoms with E-state index < -0.39 is 0 Å². The molecule has 2 aromatic rings. The Morgan fingerprint density at radius 1 is 1.08 bits per heavy atom. The van der Waals surface area contributed by atoms with Gasteiger partial charge in [0.2, 0.25) is 5.91 Å². The van der Waals surface area contributed by atoms with Crippen molar-refractivity contribution >= 4 is 23.6 Å². The zero-order valence-corrected chi connectivity index (χ0v) is 15.8. The number of benzene rings is 2. The molecule has 0 aliphatic rings. The number of hydrogen-bond acceptors (Lipinski definition) is 4. The predicted octanol–water partition coefficient (Wildman–Crippen LogP) is 3.91. The fourth-order valence-electron chi connectivity index (χ4n) is 2.20. The molecule has 0 unspecified atom stereocenters. The molecule has 0 spiro atoms. The fourth-order valence-corrected chi connectivity index (χ4v) is 2.33. The summed E-state index contributed by atoms with van der Waals surface area (Å²) in [6.45, 7) is 0.848. The van der Waals surface area contributed by atoms with Crippen LogP contribution < -0.4 is 14.2 Å². The molecule has 0 fully saturated rings. The van der Waals surface area contributed by atoms with Gasteiger partial charge in [0.1, 0.15) is 23.9 Å². The normalized spacial score (nSPS) is 10.6. The SMILES string of the molecule is COc1ccc(OC)c(/C=C/C(=O)N(C)CCOc2ccc(Cl)cc2)c1. The second-order valence-electron chi connectivity index (χ2n) is 5.50. The lowest BCUT2D eigenvalue weighted by atomic mass is 10.1. The molecule has 26 heavy (non-hydrogen) atoms. The highest BCUT2D eigenvalue weighted by Gasteiger charge is 2.07. The highest BCUT2D eigenvalue weighted by molar-refractivity contribution is 6.30. The minimum Gasteiger partial charge on any atom is -0.497 e. The zero-order valence-electron chi connectivity index (χ0n) is 15.1. The van der Waals surface area contributed by atoms with Crippen LogP contribution in [0.5, 0.6) is 17.2 Å². The lowest BCUT2D eigenvalue weighted by molar-refractivity contribution is -0.125. The number of methoxy groups -OCH3 is 2. The maximum atomic E-state index is 12.3. The fraction of sp³-hybridized carbons (Fsp3) is 0.250. The summed E-state index contributed by atoms with van der Waals surface area (Å²) in [5.41, 5.74) is 0.769. The molecule has 2 rings (SSSR count).